The molecule has 2 aromatic rings. The highest BCUT2D eigenvalue weighted by atomic mass is 32.1. The fourth-order valence-electron chi connectivity index (χ4n) is 2.77. The maximum atomic E-state index is 12.1. The van der Waals surface area contributed by atoms with Gasteiger partial charge in [0.05, 0.1) is 0 Å². The summed E-state index contributed by atoms with van der Waals surface area (Å²) >= 11 is 1.83. The van der Waals surface area contributed by atoms with Gasteiger partial charge in [-0.1, -0.05) is 0 Å². The lowest BCUT2D eigenvalue weighted by atomic mass is 10.1. The molecule has 3 rings (SSSR count). The van der Waals surface area contributed by atoms with E-state index in [1.165, 1.54) is 17.4 Å². The molecule has 1 aliphatic heterocycles. The summed E-state index contributed by atoms with van der Waals surface area (Å²) in [6, 6.07) is 9.20. The third kappa shape index (κ3) is 4.06. The van der Waals surface area contributed by atoms with Crippen LogP contribution in [0.3, 0.4) is 0 Å². The summed E-state index contributed by atoms with van der Waals surface area (Å²) < 4.78 is 0. The van der Waals surface area contributed by atoms with Crippen LogP contribution >= 0.6 is 11.3 Å². The highest BCUT2D eigenvalue weighted by Crippen LogP contribution is 2.24. The van der Waals surface area contributed by atoms with Gasteiger partial charge >= 0.3 is 0 Å². The lowest BCUT2D eigenvalue weighted by Crippen LogP contribution is -2.32. The lowest BCUT2D eigenvalue weighted by molar-refractivity contribution is -0.116. The van der Waals surface area contributed by atoms with Crippen LogP contribution in [0.1, 0.15) is 34.1 Å². The standard InChI is InChI=1S/C18H20N2O2S/c1-13(21)14-2-4-16(5-3-14)19-18(22)7-10-20-9-6-17-15(12-20)8-11-23-17/h2-5,8,11H,6-7,9-10,12H2,1H3,(H,19,22). The first-order chi connectivity index (χ1) is 11.1. The van der Waals surface area contributed by atoms with Crippen molar-refractivity contribution in [3.63, 3.8) is 0 Å². The summed E-state index contributed by atoms with van der Waals surface area (Å²) in [6.45, 7) is 4.27. The summed E-state index contributed by atoms with van der Waals surface area (Å²) in [4.78, 5) is 27.1. The molecule has 23 heavy (non-hydrogen) atoms. The molecule has 0 saturated carbocycles. The highest BCUT2D eigenvalue weighted by Gasteiger charge is 2.17. The molecule has 5 heteroatoms. The first kappa shape index (κ1) is 15.9. The first-order valence-electron chi connectivity index (χ1n) is 7.80. The molecule has 1 aliphatic rings. The van der Waals surface area contributed by atoms with E-state index in [-0.39, 0.29) is 11.7 Å². The number of rotatable bonds is 5. The van der Waals surface area contributed by atoms with Crippen molar-refractivity contribution in [2.24, 2.45) is 0 Å². The molecule has 0 unspecified atom stereocenters. The third-order valence-corrected chi connectivity index (χ3v) is 5.14. The van der Waals surface area contributed by atoms with Gasteiger partial charge in [0, 0.05) is 42.2 Å². The molecule has 1 aromatic heterocycles. The van der Waals surface area contributed by atoms with E-state index in [1.807, 2.05) is 11.3 Å². The van der Waals surface area contributed by atoms with Gasteiger partial charge in [-0.2, -0.15) is 0 Å². The average Bonchev–Trinajstić information content (AvgIpc) is 3.01. The maximum absolute atomic E-state index is 12.1. The molecular weight excluding hydrogens is 308 g/mol. The fourth-order valence-corrected chi connectivity index (χ4v) is 3.66. The number of anilines is 1. The monoisotopic (exact) mass is 328 g/mol. The number of benzene rings is 1. The Morgan fingerprint density at radius 1 is 1.22 bits per heavy atom. The molecule has 0 fully saturated rings. The van der Waals surface area contributed by atoms with Crippen molar-refractivity contribution >= 4 is 28.7 Å². The predicted molar refractivity (Wildman–Crippen MR) is 93.0 cm³/mol. The maximum Gasteiger partial charge on any atom is 0.225 e. The quantitative estimate of drug-likeness (QED) is 0.857. The zero-order valence-electron chi connectivity index (χ0n) is 13.2. The molecule has 2 heterocycles. The largest absolute Gasteiger partial charge is 0.326 e. The number of fused-ring (bicyclic) bond motifs is 1. The second-order valence-electron chi connectivity index (χ2n) is 5.83. The van der Waals surface area contributed by atoms with Crippen molar-refractivity contribution in [1.82, 2.24) is 4.90 Å². The van der Waals surface area contributed by atoms with Gasteiger partial charge in [-0.3, -0.25) is 14.5 Å². The van der Waals surface area contributed by atoms with Crippen LogP contribution in [0.15, 0.2) is 35.7 Å². The van der Waals surface area contributed by atoms with E-state index in [0.29, 0.717) is 12.0 Å². The Balaban J connectivity index is 1.47. The summed E-state index contributed by atoms with van der Waals surface area (Å²) in [5.74, 6) is 0.0393. The number of hydrogen-bond acceptors (Lipinski definition) is 4. The number of ketones is 1. The Morgan fingerprint density at radius 2 is 2.00 bits per heavy atom. The smallest absolute Gasteiger partial charge is 0.225 e. The second-order valence-corrected chi connectivity index (χ2v) is 6.83. The van der Waals surface area contributed by atoms with Gasteiger partial charge < -0.3 is 5.32 Å². The van der Waals surface area contributed by atoms with Crippen molar-refractivity contribution in [2.75, 3.05) is 18.4 Å². The number of nitrogens with zero attached hydrogens (tertiary/aromatic N) is 1. The zero-order chi connectivity index (χ0) is 16.2. The van der Waals surface area contributed by atoms with E-state index in [0.717, 1.165) is 31.7 Å². The normalized spacial score (nSPS) is 14.3. The molecule has 1 aromatic carbocycles. The van der Waals surface area contributed by atoms with Crippen LogP contribution in [-0.4, -0.2) is 29.7 Å². The Bertz CT molecular complexity index is 706. The van der Waals surface area contributed by atoms with Crippen LogP contribution in [0.2, 0.25) is 0 Å². The second kappa shape index (κ2) is 7.06. The van der Waals surface area contributed by atoms with Gasteiger partial charge in [-0.05, 0) is 54.6 Å². The summed E-state index contributed by atoms with van der Waals surface area (Å²) in [5, 5.41) is 5.03. The number of nitrogens with one attached hydrogen (secondary N) is 1. The van der Waals surface area contributed by atoms with E-state index in [4.69, 9.17) is 0 Å². The van der Waals surface area contributed by atoms with Gasteiger partial charge in [-0.25, -0.2) is 0 Å². The van der Waals surface area contributed by atoms with Gasteiger partial charge in [-0.15, -0.1) is 11.3 Å². The molecule has 0 atom stereocenters. The van der Waals surface area contributed by atoms with Crippen LogP contribution in [0.5, 0.6) is 0 Å². The zero-order valence-corrected chi connectivity index (χ0v) is 14.0. The van der Waals surface area contributed by atoms with E-state index < -0.39 is 0 Å². The minimum absolute atomic E-state index is 0.0108. The van der Waals surface area contributed by atoms with E-state index in [9.17, 15) is 9.59 Å². The first-order valence-corrected chi connectivity index (χ1v) is 8.68. The molecule has 1 N–H and O–H groups in total. The molecule has 0 bridgehead atoms. The molecule has 0 saturated heterocycles. The summed E-state index contributed by atoms with van der Waals surface area (Å²) in [6.07, 6.45) is 1.56. The molecule has 0 radical (unpaired) electrons. The number of Topliss-reactive ketones (excluding diaryl/α,β-unsaturated/α-hetero) is 1. The van der Waals surface area contributed by atoms with Crippen LogP contribution in [0.4, 0.5) is 5.69 Å². The summed E-state index contributed by atoms with van der Waals surface area (Å²) in [7, 11) is 0. The Kier molecular flexibility index (Phi) is 4.88. The van der Waals surface area contributed by atoms with Crippen molar-refractivity contribution in [3.05, 3.63) is 51.7 Å². The van der Waals surface area contributed by atoms with Crippen LogP contribution in [0, 0.1) is 0 Å². The SMILES string of the molecule is CC(=O)c1ccc(NC(=O)CCN2CCc3sccc3C2)cc1. The molecule has 0 aliphatic carbocycles. The number of amides is 1. The molecular formula is C18H20N2O2S. The van der Waals surface area contributed by atoms with Crippen LogP contribution in [-0.2, 0) is 17.8 Å². The third-order valence-electron chi connectivity index (χ3n) is 4.12. The molecule has 4 nitrogen and oxygen atoms in total. The van der Waals surface area contributed by atoms with Crippen molar-refractivity contribution < 1.29 is 9.59 Å². The van der Waals surface area contributed by atoms with E-state index in [2.05, 4.69) is 21.7 Å². The number of carbonyl (C=O) groups is 2. The minimum atomic E-state index is 0.0108. The number of hydrogen-bond donors (Lipinski definition) is 1. The van der Waals surface area contributed by atoms with E-state index >= 15 is 0 Å². The molecule has 1 amide bonds. The fraction of sp³-hybridized carbons (Fsp3) is 0.333. The van der Waals surface area contributed by atoms with Gasteiger partial charge in [0.2, 0.25) is 5.91 Å². The number of carbonyl (C=O) groups excluding carboxylic acids is 2. The molecule has 0 spiro atoms. The highest BCUT2D eigenvalue weighted by molar-refractivity contribution is 7.10. The van der Waals surface area contributed by atoms with Crippen molar-refractivity contribution in [2.45, 2.75) is 26.3 Å². The average molecular weight is 328 g/mol. The Hall–Kier alpha value is -1.98. The van der Waals surface area contributed by atoms with Crippen LogP contribution in [0.25, 0.3) is 0 Å². The van der Waals surface area contributed by atoms with E-state index in [1.54, 1.807) is 24.3 Å². The van der Waals surface area contributed by atoms with Gasteiger partial charge in [0.25, 0.3) is 0 Å². The Morgan fingerprint density at radius 3 is 2.74 bits per heavy atom. The topological polar surface area (TPSA) is 49.4 Å². The molecule has 120 valence electrons. The Labute approximate surface area is 140 Å². The minimum Gasteiger partial charge on any atom is -0.326 e. The van der Waals surface area contributed by atoms with Crippen molar-refractivity contribution in [3.8, 4) is 0 Å². The van der Waals surface area contributed by atoms with Gasteiger partial charge in [0.15, 0.2) is 5.78 Å². The van der Waals surface area contributed by atoms with Crippen molar-refractivity contribution in [1.29, 1.82) is 0 Å². The predicted octanol–water partition coefficient (Wildman–Crippen LogP) is 3.34. The summed E-state index contributed by atoms with van der Waals surface area (Å²) in [5.41, 5.74) is 2.79. The number of thiophene rings is 1. The lowest BCUT2D eigenvalue weighted by Gasteiger charge is -2.26. The van der Waals surface area contributed by atoms with Gasteiger partial charge in [0.1, 0.15) is 0 Å². The van der Waals surface area contributed by atoms with Crippen LogP contribution < -0.4 is 5.32 Å².